The first-order valence-corrected chi connectivity index (χ1v) is 13.6. The second-order valence-corrected chi connectivity index (χ2v) is 10.4. The molecule has 1 saturated heterocycles. The maximum Gasteiger partial charge on any atom is 0.251 e. The number of piperazine rings is 1. The standard InChI is InChI=1S/C27H39Cl2N5O2/c1-5-22-19-30-27(34-15-13-33(14-16-34)24-9-6-10-24)31-25(22)11-12-32(4)26(35)21(3)36-17-7-8-23(29)18-20(2)28/h7-8,18-19,21,24H,2,5-6,9-17H2,1,3-4H3/b8-7-,23-18+. The van der Waals surface area contributed by atoms with Crippen LogP contribution >= 0.6 is 23.2 Å². The number of nitrogens with zero attached hydrogens (tertiary/aromatic N) is 5. The molecule has 1 unspecified atom stereocenters. The minimum absolute atomic E-state index is 0.0707. The van der Waals surface area contributed by atoms with E-state index in [2.05, 4.69) is 28.3 Å². The van der Waals surface area contributed by atoms with Gasteiger partial charge >= 0.3 is 0 Å². The fourth-order valence-corrected chi connectivity index (χ4v) is 4.85. The summed E-state index contributed by atoms with van der Waals surface area (Å²) in [4.78, 5) is 29.0. The smallest absolute Gasteiger partial charge is 0.251 e. The van der Waals surface area contributed by atoms with E-state index >= 15 is 0 Å². The zero-order valence-corrected chi connectivity index (χ0v) is 23.3. The van der Waals surface area contributed by atoms with Gasteiger partial charge in [0.05, 0.1) is 12.3 Å². The number of allylic oxidation sites excluding steroid dienone is 4. The molecule has 2 aliphatic rings. The highest BCUT2D eigenvalue weighted by Crippen LogP contribution is 2.26. The van der Waals surface area contributed by atoms with Crippen molar-refractivity contribution in [1.82, 2.24) is 19.8 Å². The summed E-state index contributed by atoms with van der Waals surface area (Å²) in [5, 5.41) is 0.801. The van der Waals surface area contributed by atoms with Crippen LogP contribution in [0.15, 0.2) is 41.1 Å². The molecule has 198 valence electrons. The largest absolute Gasteiger partial charge is 0.365 e. The predicted octanol–water partition coefficient (Wildman–Crippen LogP) is 4.55. The third kappa shape index (κ3) is 8.30. The lowest BCUT2D eigenvalue weighted by Crippen LogP contribution is -2.52. The van der Waals surface area contributed by atoms with Crippen LogP contribution in [-0.4, -0.2) is 84.2 Å². The lowest BCUT2D eigenvalue weighted by atomic mass is 9.91. The minimum Gasteiger partial charge on any atom is -0.365 e. The highest BCUT2D eigenvalue weighted by atomic mass is 35.5. The fourth-order valence-electron chi connectivity index (χ4n) is 4.46. The first-order valence-electron chi connectivity index (χ1n) is 12.9. The topological polar surface area (TPSA) is 61.8 Å². The molecule has 1 amide bonds. The van der Waals surface area contributed by atoms with Crippen molar-refractivity contribution in [1.29, 1.82) is 0 Å². The van der Waals surface area contributed by atoms with E-state index in [0.29, 0.717) is 23.0 Å². The van der Waals surface area contributed by atoms with Crippen LogP contribution in [0.25, 0.3) is 0 Å². The number of aromatic nitrogens is 2. The monoisotopic (exact) mass is 535 g/mol. The van der Waals surface area contributed by atoms with Crippen molar-refractivity contribution in [3.8, 4) is 0 Å². The second kappa shape index (κ2) is 14.1. The van der Waals surface area contributed by atoms with Gasteiger partial charge in [-0.2, -0.15) is 0 Å². The highest BCUT2D eigenvalue weighted by Gasteiger charge is 2.28. The van der Waals surface area contributed by atoms with Crippen LogP contribution in [0, 0.1) is 0 Å². The van der Waals surface area contributed by atoms with Crippen LogP contribution in [0.5, 0.6) is 0 Å². The lowest BCUT2D eigenvalue weighted by Gasteiger charge is -2.43. The third-order valence-electron chi connectivity index (χ3n) is 6.93. The van der Waals surface area contributed by atoms with Gasteiger partial charge in [-0.15, -0.1) is 0 Å². The molecule has 2 fully saturated rings. The normalized spacial score (nSPS) is 18.4. The van der Waals surface area contributed by atoms with Crippen molar-refractivity contribution >= 4 is 35.1 Å². The molecule has 7 nitrogen and oxygen atoms in total. The number of ether oxygens (including phenoxy) is 1. The molecule has 36 heavy (non-hydrogen) atoms. The van der Waals surface area contributed by atoms with Crippen LogP contribution in [-0.2, 0) is 22.4 Å². The number of hydrogen-bond acceptors (Lipinski definition) is 6. The molecule has 0 spiro atoms. The van der Waals surface area contributed by atoms with E-state index in [1.165, 1.54) is 19.3 Å². The Balaban J connectivity index is 1.49. The number of hydrogen-bond donors (Lipinski definition) is 0. The molecular formula is C27H39Cl2N5O2. The van der Waals surface area contributed by atoms with Crippen molar-refractivity contribution in [2.24, 2.45) is 0 Å². The minimum atomic E-state index is -0.566. The zero-order valence-electron chi connectivity index (χ0n) is 21.8. The number of carbonyl (C=O) groups excluding carboxylic acids is 1. The maximum atomic E-state index is 12.8. The molecule has 1 atom stereocenters. The quantitative estimate of drug-likeness (QED) is 0.366. The van der Waals surface area contributed by atoms with Crippen molar-refractivity contribution < 1.29 is 9.53 Å². The molecular weight excluding hydrogens is 497 g/mol. The number of rotatable bonds is 12. The first kappa shape index (κ1) is 28.6. The number of likely N-dealkylation sites (N-methyl/N-ethyl adjacent to an activating group) is 1. The Morgan fingerprint density at radius 1 is 1.31 bits per heavy atom. The Bertz CT molecular complexity index is 955. The summed E-state index contributed by atoms with van der Waals surface area (Å²) in [5.41, 5.74) is 2.15. The van der Waals surface area contributed by atoms with Crippen LogP contribution in [0.3, 0.4) is 0 Å². The number of anilines is 1. The van der Waals surface area contributed by atoms with Gasteiger partial charge in [0.2, 0.25) is 5.95 Å². The molecule has 0 aromatic carbocycles. The van der Waals surface area contributed by atoms with Gasteiger partial charge < -0.3 is 14.5 Å². The SMILES string of the molecule is C=C(Cl)/C=C(Cl)\C=C/COC(C)C(=O)N(C)CCc1nc(N2CCN(C3CCC3)CC2)ncc1CC. The highest BCUT2D eigenvalue weighted by molar-refractivity contribution is 6.35. The Morgan fingerprint density at radius 3 is 2.64 bits per heavy atom. The van der Waals surface area contributed by atoms with Crippen molar-refractivity contribution in [2.45, 2.75) is 58.1 Å². The summed E-state index contributed by atoms with van der Waals surface area (Å²) in [6.07, 6.45) is 11.9. The molecule has 2 heterocycles. The Hall–Kier alpha value is -1.93. The van der Waals surface area contributed by atoms with Crippen LogP contribution in [0.1, 0.15) is 44.4 Å². The maximum absolute atomic E-state index is 12.8. The Morgan fingerprint density at radius 2 is 2.03 bits per heavy atom. The van der Waals surface area contributed by atoms with Crippen LogP contribution < -0.4 is 4.90 Å². The molecule has 0 radical (unpaired) electrons. The molecule has 1 aliphatic heterocycles. The van der Waals surface area contributed by atoms with E-state index in [9.17, 15) is 4.79 Å². The van der Waals surface area contributed by atoms with Gasteiger partial charge in [-0.1, -0.05) is 49.2 Å². The second-order valence-electron chi connectivity index (χ2n) is 9.47. The van der Waals surface area contributed by atoms with Gasteiger partial charge in [-0.25, -0.2) is 9.97 Å². The molecule has 1 aromatic rings. The average Bonchev–Trinajstić information content (AvgIpc) is 2.83. The number of carbonyl (C=O) groups is 1. The van der Waals surface area contributed by atoms with Crippen molar-refractivity contribution in [2.75, 3.05) is 51.3 Å². The summed E-state index contributed by atoms with van der Waals surface area (Å²) >= 11 is 11.7. The molecule has 9 heteroatoms. The van der Waals surface area contributed by atoms with Gasteiger partial charge in [0.25, 0.3) is 5.91 Å². The number of amides is 1. The molecule has 0 N–H and O–H groups in total. The van der Waals surface area contributed by atoms with Gasteiger partial charge in [0.15, 0.2) is 0 Å². The first-order chi connectivity index (χ1) is 17.3. The van der Waals surface area contributed by atoms with E-state index in [-0.39, 0.29) is 12.5 Å². The lowest BCUT2D eigenvalue weighted by molar-refractivity contribution is -0.140. The molecule has 1 aromatic heterocycles. The van der Waals surface area contributed by atoms with Crippen LogP contribution in [0.4, 0.5) is 5.95 Å². The summed E-state index contributed by atoms with van der Waals surface area (Å²) in [6, 6.07) is 0.785. The summed E-state index contributed by atoms with van der Waals surface area (Å²) in [7, 11) is 1.80. The van der Waals surface area contributed by atoms with Gasteiger partial charge in [0.1, 0.15) is 6.10 Å². The van der Waals surface area contributed by atoms with E-state index in [1.807, 2.05) is 6.20 Å². The third-order valence-corrected chi connectivity index (χ3v) is 7.28. The molecule has 3 rings (SSSR count). The van der Waals surface area contributed by atoms with Crippen molar-refractivity contribution in [3.63, 3.8) is 0 Å². The van der Waals surface area contributed by atoms with Gasteiger partial charge in [-0.05, 0) is 43.9 Å². The van der Waals surface area contributed by atoms with E-state index in [1.54, 1.807) is 37.1 Å². The van der Waals surface area contributed by atoms with E-state index in [4.69, 9.17) is 32.9 Å². The fraction of sp³-hybridized carbons (Fsp3) is 0.593. The Kier molecular flexibility index (Phi) is 11.2. The van der Waals surface area contributed by atoms with Crippen LogP contribution in [0.2, 0.25) is 0 Å². The van der Waals surface area contributed by atoms with Gasteiger partial charge in [0, 0.05) is 68.5 Å². The number of halogens is 2. The number of aryl methyl sites for hydroxylation is 1. The summed E-state index contributed by atoms with van der Waals surface area (Å²) < 4.78 is 5.66. The van der Waals surface area contributed by atoms with E-state index < -0.39 is 6.10 Å². The average molecular weight is 537 g/mol. The summed E-state index contributed by atoms with van der Waals surface area (Å²) in [6.45, 7) is 12.3. The van der Waals surface area contributed by atoms with E-state index in [0.717, 1.165) is 55.8 Å². The molecule has 1 saturated carbocycles. The van der Waals surface area contributed by atoms with Gasteiger partial charge in [-0.3, -0.25) is 9.69 Å². The molecule has 0 bridgehead atoms. The van der Waals surface area contributed by atoms with Crippen molar-refractivity contribution in [3.05, 3.63) is 52.3 Å². The molecule has 1 aliphatic carbocycles. The Labute approximate surface area is 225 Å². The predicted molar refractivity (Wildman–Crippen MR) is 148 cm³/mol. The summed E-state index contributed by atoms with van der Waals surface area (Å²) in [5.74, 6) is 0.733. The zero-order chi connectivity index (χ0) is 26.1.